The van der Waals surface area contributed by atoms with Crippen LogP contribution in [-0.4, -0.2) is 54.1 Å². The lowest BCUT2D eigenvalue weighted by atomic mass is 10.1. The molecule has 10 heteroatoms. The Morgan fingerprint density at radius 2 is 2.05 bits per heavy atom. The van der Waals surface area contributed by atoms with Gasteiger partial charge in [0.05, 0.1) is 22.6 Å². The maximum Gasteiger partial charge on any atom is 0.208 e. The number of anilines is 1. The van der Waals surface area contributed by atoms with Crippen LogP contribution in [0, 0.1) is 5.92 Å². The summed E-state index contributed by atoms with van der Waals surface area (Å²) in [4.78, 5) is 23.4. The molecule has 2 N–H and O–H groups in total. The summed E-state index contributed by atoms with van der Waals surface area (Å²) in [6, 6.07) is 10.7. The Morgan fingerprint density at radius 3 is 2.74 bits per heavy atom. The number of nitrogens with zero attached hydrogens (tertiary/aromatic N) is 2. The third-order valence-electron chi connectivity index (χ3n) is 7.62. The van der Waals surface area contributed by atoms with Crippen LogP contribution in [0.25, 0.3) is 0 Å². The first-order chi connectivity index (χ1) is 17.9. The zero-order chi connectivity index (χ0) is 27.7. The molecule has 6 nitrogen and oxygen atoms in total. The summed E-state index contributed by atoms with van der Waals surface area (Å²) >= 11 is 7.51. The minimum atomic E-state index is -2.26. The number of halogens is 2. The number of aromatic nitrogens is 2. The second-order valence-electron chi connectivity index (χ2n) is 11.4. The Labute approximate surface area is 233 Å². The van der Waals surface area contributed by atoms with Crippen molar-refractivity contribution in [1.29, 1.82) is 0 Å². The molecule has 4 rings (SSSR count). The first kappa shape index (κ1) is 28.8. The van der Waals surface area contributed by atoms with Crippen molar-refractivity contribution in [1.82, 2.24) is 9.97 Å². The van der Waals surface area contributed by atoms with Gasteiger partial charge in [0.1, 0.15) is 18.3 Å². The highest BCUT2D eigenvalue weighted by Crippen LogP contribution is 2.42. The van der Waals surface area contributed by atoms with Gasteiger partial charge in [-0.25, -0.2) is 14.4 Å². The van der Waals surface area contributed by atoms with Gasteiger partial charge in [-0.2, -0.15) is 0 Å². The summed E-state index contributed by atoms with van der Waals surface area (Å²) in [5.41, 5.74) is 1.34. The molecule has 0 aliphatic heterocycles. The lowest BCUT2D eigenvalue weighted by molar-refractivity contribution is 0.0530. The van der Waals surface area contributed by atoms with Crippen molar-refractivity contribution < 1.29 is 18.7 Å². The Balaban J connectivity index is 1.51. The molecule has 2 unspecified atom stereocenters. The van der Waals surface area contributed by atoms with Crippen molar-refractivity contribution in [2.75, 3.05) is 11.9 Å². The van der Waals surface area contributed by atoms with E-state index in [4.69, 9.17) is 16.0 Å². The summed E-state index contributed by atoms with van der Waals surface area (Å²) in [5.74, 6) is -0.285. The second-order valence-corrected chi connectivity index (χ2v) is 17.8. The van der Waals surface area contributed by atoms with Crippen LogP contribution in [0.4, 0.5) is 10.2 Å². The fourth-order valence-corrected chi connectivity index (χ4v) is 7.00. The molecule has 204 valence electrons. The molecule has 2 aromatic heterocycles. The SMILES string of the molecule is CC(C)(C)[Si](C)(C)OC1C(CO)C[C@@H](Nc2ncncc2C(=O)c2ccc(Cc3cccc(Cl)c3)s2)[C@H]1F. The van der Waals surface area contributed by atoms with Gasteiger partial charge >= 0.3 is 0 Å². The highest BCUT2D eigenvalue weighted by Gasteiger charge is 2.49. The Kier molecular flexibility index (Phi) is 8.74. The number of carbonyl (C=O) groups excluding carboxylic acids is 1. The maximum atomic E-state index is 15.8. The van der Waals surface area contributed by atoms with Gasteiger partial charge < -0.3 is 14.8 Å². The van der Waals surface area contributed by atoms with Crippen LogP contribution in [0.2, 0.25) is 23.2 Å². The standard InChI is InChI=1S/C28H35ClFN3O3SSi/c1-28(2,3)38(4,5)36-26-18(15-34)13-22(24(26)30)33-27-21(14-31-16-32-27)25(35)23-10-9-20(37-23)12-17-7-6-8-19(29)11-17/h6-11,14,16,18,22,24,26,34H,12-13,15H2,1-5H3,(H,31,32,33)/t18?,22-,24-,26?/m1/s1. The zero-order valence-electron chi connectivity index (χ0n) is 22.4. The van der Waals surface area contributed by atoms with Crippen LogP contribution in [0.15, 0.2) is 48.9 Å². The van der Waals surface area contributed by atoms with Crippen LogP contribution < -0.4 is 5.32 Å². The number of thiophene rings is 1. The number of nitrogens with one attached hydrogen (secondary N) is 1. The predicted octanol–water partition coefficient (Wildman–Crippen LogP) is 6.53. The van der Waals surface area contributed by atoms with Crippen molar-refractivity contribution in [2.45, 2.75) is 70.1 Å². The van der Waals surface area contributed by atoms with Gasteiger partial charge in [-0.3, -0.25) is 4.79 Å². The highest BCUT2D eigenvalue weighted by molar-refractivity contribution is 7.14. The Morgan fingerprint density at radius 1 is 1.29 bits per heavy atom. The summed E-state index contributed by atoms with van der Waals surface area (Å²) < 4.78 is 22.2. The third kappa shape index (κ3) is 6.34. The van der Waals surface area contributed by atoms with Gasteiger partial charge in [0.25, 0.3) is 0 Å². The molecule has 1 aliphatic rings. The molecule has 0 saturated heterocycles. The number of rotatable bonds is 9. The molecular formula is C28H35ClFN3O3SSi. The van der Waals surface area contributed by atoms with Crippen LogP contribution in [0.1, 0.15) is 52.9 Å². The summed E-state index contributed by atoms with van der Waals surface area (Å²) in [5, 5.41) is 13.7. The van der Waals surface area contributed by atoms with Gasteiger partial charge in [0, 0.05) is 35.0 Å². The summed E-state index contributed by atoms with van der Waals surface area (Å²) in [6.45, 7) is 10.3. The minimum Gasteiger partial charge on any atom is -0.411 e. The van der Waals surface area contributed by atoms with Crippen LogP contribution in [-0.2, 0) is 10.8 Å². The van der Waals surface area contributed by atoms with E-state index >= 15 is 4.39 Å². The molecule has 38 heavy (non-hydrogen) atoms. The van der Waals surface area contributed by atoms with E-state index in [0.29, 0.717) is 22.7 Å². The van der Waals surface area contributed by atoms with Crippen molar-refractivity contribution in [3.05, 3.63) is 74.8 Å². The summed E-state index contributed by atoms with van der Waals surface area (Å²) in [6.07, 6.45) is 1.77. The topological polar surface area (TPSA) is 84.3 Å². The fraction of sp³-hybridized carbons (Fsp3) is 0.464. The number of hydrogen-bond donors (Lipinski definition) is 2. The Hall–Kier alpha value is -2.17. The van der Waals surface area contributed by atoms with E-state index in [-0.39, 0.29) is 34.7 Å². The lowest BCUT2D eigenvalue weighted by Crippen LogP contribution is -2.48. The molecule has 1 aliphatic carbocycles. The quantitative estimate of drug-likeness (QED) is 0.223. The van der Waals surface area contributed by atoms with Crippen molar-refractivity contribution in [3.8, 4) is 0 Å². The number of benzene rings is 1. The lowest BCUT2D eigenvalue weighted by Gasteiger charge is -2.40. The van der Waals surface area contributed by atoms with E-state index in [1.54, 1.807) is 6.07 Å². The van der Waals surface area contributed by atoms with E-state index in [1.807, 2.05) is 30.3 Å². The van der Waals surface area contributed by atoms with Crippen molar-refractivity contribution in [3.63, 3.8) is 0 Å². The molecule has 1 fully saturated rings. The average molecular weight is 576 g/mol. The predicted molar refractivity (Wildman–Crippen MR) is 154 cm³/mol. The maximum absolute atomic E-state index is 15.8. The number of carbonyl (C=O) groups is 1. The smallest absolute Gasteiger partial charge is 0.208 e. The minimum absolute atomic E-state index is 0.0865. The third-order valence-corrected chi connectivity index (χ3v) is 13.4. The summed E-state index contributed by atoms with van der Waals surface area (Å²) in [7, 11) is -2.26. The molecular weight excluding hydrogens is 541 g/mol. The van der Waals surface area contributed by atoms with Gasteiger partial charge in [0.2, 0.25) is 5.78 Å². The van der Waals surface area contributed by atoms with Crippen molar-refractivity contribution >= 4 is 42.9 Å². The molecule has 0 amide bonds. The second kappa shape index (κ2) is 11.5. The Bertz CT molecular complexity index is 1280. The molecule has 2 heterocycles. The van der Waals surface area contributed by atoms with Crippen LogP contribution in [0.3, 0.4) is 0 Å². The first-order valence-electron chi connectivity index (χ1n) is 12.8. The molecule has 4 atom stereocenters. The molecule has 0 radical (unpaired) electrons. The number of aliphatic hydroxyl groups is 1. The van der Waals surface area contributed by atoms with Crippen molar-refractivity contribution in [2.24, 2.45) is 5.92 Å². The van der Waals surface area contributed by atoms with Gasteiger partial charge in [-0.05, 0) is 54.4 Å². The number of ketones is 1. The zero-order valence-corrected chi connectivity index (χ0v) is 24.9. The molecule has 1 aromatic carbocycles. The molecule has 0 spiro atoms. The van der Waals surface area contributed by atoms with E-state index in [0.717, 1.165) is 10.4 Å². The monoisotopic (exact) mass is 575 g/mol. The van der Waals surface area contributed by atoms with Gasteiger partial charge in [0.15, 0.2) is 8.32 Å². The first-order valence-corrected chi connectivity index (χ1v) is 16.9. The van der Waals surface area contributed by atoms with E-state index in [1.165, 1.54) is 23.9 Å². The largest absolute Gasteiger partial charge is 0.411 e. The molecule has 3 aromatic rings. The number of hydrogen-bond acceptors (Lipinski definition) is 7. The molecule has 0 bridgehead atoms. The highest BCUT2D eigenvalue weighted by atomic mass is 35.5. The van der Waals surface area contributed by atoms with E-state index in [9.17, 15) is 9.90 Å². The van der Waals surface area contributed by atoms with E-state index in [2.05, 4.69) is 49.1 Å². The normalized spacial score (nSPS) is 22.0. The van der Waals surface area contributed by atoms with Crippen LogP contribution >= 0.6 is 22.9 Å². The number of aliphatic hydroxyl groups excluding tert-OH is 1. The van der Waals surface area contributed by atoms with E-state index < -0.39 is 26.6 Å². The van der Waals surface area contributed by atoms with Crippen LogP contribution in [0.5, 0.6) is 0 Å². The van der Waals surface area contributed by atoms with Gasteiger partial charge in [-0.1, -0.05) is 44.5 Å². The average Bonchev–Trinajstić information content (AvgIpc) is 3.43. The fourth-order valence-electron chi connectivity index (χ4n) is 4.44. The number of alkyl halides is 1. The molecule has 1 saturated carbocycles. The van der Waals surface area contributed by atoms with Gasteiger partial charge in [-0.15, -0.1) is 11.3 Å².